The second kappa shape index (κ2) is 7.07. The van der Waals surface area contributed by atoms with Crippen LogP contribution in [0.1, 0.15) is 27.2 Å². The van der Waals surface area contributed by atoms with Gasteiger partial charge in [-0.25, -0.2) is 4.79 Å². The number of esters is 2. The molecule has 0 radical (unpaired) electrons. The molecule has 0 aromatic heterocycles. The number of rotatable bonds is 6. The van der Waals surface area contributed by atoms with Crippen LogP contribution in [0, 0.1) is 17.8 Å². The largest absolute Gasteiger partial charge is 0.466 e. The highest BCUT2D eigenvalue weighted by atomic mass is 16.5. The molecule has 0 bridgehead atoms. The van der Waals surface area contributed by atoms with Crippen LogP contribution in [-0.2, 0) is 30.5 Å². The Morgan fingerprint density at radius 2 is 2.00 bits per heavy atom. The number of aliphatic hydroxyl groups is 1. The predicted octanol–water partition coefficient (Wildman–Crippen LogP) is 0.795. The number of amides is 1. The van der Waals surface area contributed by atoms with Crippen molar-refractivity contribution < 1.29 is 30.3 Å². The quantitative estimate of drug-likeness (QED) is 0.726. The average molecular weight is 362 g/mol. The third kappa shape index (κ3) is 3.07. The molecule has 2 saturated carbocycles. The van der Waals surface area contributed by atoms with Crippen molar-refractivity contribution in [1.82, 2.24) is 5.32 Å². The molecule has 1 aromatic rings. The van der Waals surface area contributed by atoms with Crippen LogP contribution in [0.25, 0.3) is 0 Å². The molecular formula is C19H23NO6. The molecule has 0 spiro atoms. The third-order valence-corrected chi connectivity index (χ3v) is 5.02. The molecule has 7 heteroatoms. The maximum Gasteiger partial charge on any atom is 0.335 e. The van der Waals surface area contributed by atoms with Crippen LogP contribution in [0.5, 0.6) is 0 Å². The Balaban J connectivity index is 1.87. The number of fused-ring (bicyclic) bond motifs is 1. The molecule has 2 aliphatic rings. The zero-order valence-corrected chi connectivity index (χ0v) is 14.7. The molecule has 5 atom stereocenters. The summed E-state index contributed by atoms with van der Waals surface area (Å²) in [5.41, 5.74) is -1.28. The number of nitrogens with one attached hydrogen (secondary N) is 1. The fourth-order valence-electron chi connectivity index (χ4n) is 3.93. The maximum absolute atomic E-state index is 13.0. The van der Waals surface area contributed by atoms with E-state index in [1.807, 2.05) is 6.07 Å². The summed E-state index contributed by atoms with van der Waals surface area (Å²) in [6, 6.07) is 8.93. The SMILES string of the molecule is [2H][C@]1(O)C[C@H]2[C@H](C(=O)OCC)[C@H]2[C@]1(NC(C)=O)C(=O)OCc1ccccc1. The van der Waals surface area contributed by atoms with Crippen molar-refractivity contribution in [1.29, 1.82) is 0 Å². The van der Waals surface area contributed by atoms with E-state index in [1.54, 1.807) is 31.2 Å². The zero-order valence-electron chi connectivity index (χ0n) is 15.7. The van der Waals surface area contributed by atoms with Crippen molar-refractivity contribution in [2.75, 3.05) is 6.61 Å². The molecule has 140 valence electrons. The molecule has 2 fully saturated rings. The number of hydrogen-bond donors (Lipinski definition) is 2. The highest BCUT2D eigenvalue weighted by Gasteiger charge is 2.76. The summed E-state index contributed by atoms with van der Waals surface area (Å²) in [6.07, 6.45) is -2.40. The number of carbonyl (C=O) groups is 3. The van der Waals surface area contributed by atoms with E-state index in [-0.39, 0.29) is 19.6 Å². The van der Waals surface area contributed by atoms with Gasteiger partial charge >= 0.3 is 11.9 Å². The first kappa shape index (κ1) is 17.0. The van der Waals surface area contributed by atoms with Crippen molar-refractivity contribution >= 4 is 17.8 Å². The molecule has 0 heterocycles. The van der Waals surface area contributed by atoms with Gasteiger partial charge in [-0.15, -0.1) is 0 Å². The van der Waals surface area contributed by atoms with E-state index >= 15 is 0 Å². The predicted molar refractivity (Wildman–Crippen MR) is 90.5 cm³/mol. The van der Waals surface area contributed by atoms with E-state index in [2.05, 4.69) is 5.32 Å². The fraction of sp³-hybridized carbons (Fsp3) is 0.526. The molecule has 2 N–H and O–H groups in total. The van der Waals surface area contributed by atoms with Gasteiger partial charge in [0.15, 0.2) is 5.54 Å². The molecule has 0 saturated heterocycles. The fourth-order valence-corrected chi connectivity index (χ4v) is 3.93. The van der Waals surface area contributed by atoms with E-state index in [1.165, 1.54) is 6.92 Å². The van der Waals surface area contributed by atoms with Gasteiger partial charge in [0.05, 0.1) is 20.0 Å². The zero-order chi connectivity index (χ0) is 19.8. The smallest absolute Gasteiger partial charge is 0.335 e. The minimum Gasteiger partial charge on any atom is -0.466 e. The summed E-state index contributed by atoms with van der Waals surface area (Å²) >= 11 is 0. The van der Waals surface area contributed by atoms with Gasteiger partial charge in [0, 0.05) is 12.8 Å². The van der Waals surface area contributed by atoms with E-state index in [9.17, 15) is 19.5 Å². The lowest BCUT2D eigenvalue weighted by atomic mass is 9.87. The van der Waals surface area contributed by atoms with Gasteiger partial charge in [0.2, 0.25) is 5.91 Å². The Labute approximate surface area is 153 Å². The lowest BCUT2D eigenvalue weighted by Gasteiger charge is -2.34. The number of hydrogen-bond acceptors (Lipinski definition) is 6. The standard InChI is InChI=1S/C19H23NO6/c1-3-25-17(23)15-13-9-14(22)19(16(13)15,20-11(2)21)18(24)26-10-12-7-5-4-6-8-12/h4-8,13-16,22H,3,9-10H2,1-2H3,(H,20,21)/t13-,14-,15-,16-,19-/m0/s1/i14D. The summed E-state index contributed by atoms with van der Waals surface area (Å²) in [4.78, 5) is 37.0. The molecular weight excluding hydrogens is 338 g/mol. The van der Waals surface area contributed by atoms with Crippen LogP contribution < -0.4 is 5.32 Å². The highest BCUT2D eigenvalue weighted by molar-refractivity contribution is 5.92. The number of carbonyl (C=O) groups excluding carboxylic acids is 3. The van der Waals surface area contributed by atoms with Crippen molar-refractivity contribution in [2.24, 2.45) is 17.8 Å². The molecule has 0 unspecified atom stereocenters. The van der Waals surface area contributed by atoms with Gasteiger partial charge in [-0.3, -0.25) is 9.59 Å². The van der Waals surface area contributed by atoms with Crippen molar-refractivity contribution in [3.05, 3.63) is 35.9 Å². The first-order chi connectivity index (χ1) is 12.7. The van der Waals surface area contributed by atoms with Gasteiger partial charge in [0.1, 0.15) is 6.61 Å². The van der Waals surface area contributed by atoms with E-state index in [0.29, 0.717) is 0 Å². The lowest BCUT2D eigenvalue weighted by molar-refractivity contribution is -0.162. The molecule has 2 aliphatic carbocycles. The Morgan fingerprint density at radius 1 is 1.31 bits per heavy atom. The molecule has 7 nitrogen and oxygen atoms in total. The molecule has 26 heavy (non-hydrogen) atoms. The van der Waals surface area contributed by atoms with Crippen LogP contribution >= 0.6 is 0 Å². The monoisotopic (exact) mass is 362 g/mol. The third-order valence-electron chi connectivity index (χ3n) is 5.02. The van der Waals surface area contributed by atoms with Crippen LogP contribution in [0.3, 0.4) is 0 Å². The van der Waals surface area contributed by atoms with E-state index < -0.39 is 47.2 Å². The topological polar surface area (TPSA) is 102 Å². The summed E-state index contributed by atoms with van der Waals surface area (Å²) in [6.45, 7) is 2.98. The Morgan fingerprint density at radius 3 is 2.62 bits per heavy atom. The molecule has 1 amide bonds. The maximum atomic E-state index is 13.0. The van der Waals surface area contributed by atoms with Crippen molar-refractivity contribution in [2.45, 2.75) is 38.5 Å². The van der Waals surface area contributed by atoms with Gasteiger partial charge in [-0.2, -0.15) is 0 Å². The second-order valence-electron chi connectivity index (χ2n) is 6.67. The van der Waals surface area contributed by atoms with E-state index in [4.69, 9.17) is 10.8 Å². The van der Waals surface area contributed by atoms with Gasteiger partial charge in [0.25, 0.3) is 0 Å². The first-order valence-corrected chi connectivity index (χ1v) is 8.63. The van der Waals surface area contributed by atoms with Crippen LogP contribution in [-0.4, -0.2) is 41.2 Å². The first-order valence-electron chi connectivity index (χ1n) is 9.13. The summed E-state index contributed by atoms with van der Waals surface area (Å²) < 4.78 is 18.7. The minimum atomic E-state index is -2.27. The van der Waals surface area contributed by atoms with E-state index in [0.717, 1.165) is 5.56 Å². The van der Waals surface area contributed by atoms with Crippen molar-refractivity contribution in [3.63, 3.8) is 0 Å². The van der Waals surface area contributed by atoms with Gasteiger partial charge in [-0.05, 0) is 24.8 Å². The number of benzene rings is 1. The Kier molecular flexibility index (Phi) is 4.63. The number of ether oxygens (including phenoxy) is 2. The normalized spacial score (nSPS) is 35.0. The Hall–Kier alpha value is -2.41. The molecule has 1 aromatic carbocycles. The Bertz CT molecular complexity index is 752. The molecule has 0 aliphatic heterocycles. The van der Waals surface area contributed by atoms with Crippen LogP contribution in [0.15, 0.2) is 30.3 Å². The second-order valence-corrected chi connectivity index (χ2v) is 6.67. The summed E-state index contributed by atoms with van der Waals surface area (Å²) in [5, 5.41) is 13.1. The van der Waals surface area contributed by atoms with Gasteiger partial charge < -0.3 is 19.9 Å². The average Bonchev–Trinajstić information content (AvgIpc) is 3.25. The molecule has 3 rings (SSSR count). The highest BCUT2D eigenvalue weighted by Crippen LogP contribution is 2.63. The van der Waals surface area contributed by atoms with Gasteiger partial charge in [-0.1, -0.05) is 30.3 Å². The van der Waals surface area contributed by atoms with Crippen LogP contribution in [0.2, 0.25) is 0 Å². The summed E-state index contributed by atoms with van der Waals surface area (Å²) in [5.74, 6) is -3.79. The van der Waals surface area contributed by atoms with Crippen molar-refractivity contribution in [3.8, 4) is 0 Å². The lowest BCUT2D eigenvalue weighted by Crippen LogP contribution is -2.62. The summed E-state index contributed by atoms with van der Waals surface area (Å²) in [7, 11) is 0. The minimum absolute atomic E-state index is 0.0709. The van der Waals surface area contributed by atoms with Crippen LogP contribution in [0.4, 0.5) is 0 Å².